The van der Waals surface area contributed by atoms with Gasteiger partial charge in [-0.15, -0.1) is 0 Å². The average Bonchev–Trinajstić information content (AvgIpc) is 2.78. The van der Waals surface area contributed by atoms with E-state index >= 15 is 0 Å². The summed E-state index contributed by atoms with van der Waals surface area (Å²) in [5.74, 6) is 0. The second-order valence-electron chi connectivity index (χ2n) is 3.61. The van der Waals surface area contributed by atoms with Gasteiger partial charge in [0.2, 0.25) is 0 Å². The normalized spacial score (nSPS) is 11.6. The molecular weight excluding hydrogens is 267 g/mol. The van der Waals surface area contributed by atoms with Crippen molar-refractivity contribution >= 4 is 17.3 Å². The predicted molar refractivity (Wildman–Crippen MR) is 63.6 cm³/mol. The summed E-state index contributed by atoms with van der Waals surface area (Å²) in [5, 5.41) is 8.95. The Morgan fingerprint density at radius 3 is 2.56 bits per heavy atom. The zero-order valence-electron chi connectivity index (χ0n) is 9.27. The lowest BCUT2D eigenvalue weighted by Crippen LogP contribution is -2.04. The van der Waals surface area contributed by atoms with Gasteiger partial charge in [0.05, 0.1) is 16.4 Å². The molecule has 0 saturated carbocycles. The number of alkyl halides is 3. The van der Waals surface area contributed by atoms with Crippen LogP contribution in [-0.2, 0) is 6.18 Å². The Bertz CT molecular complexity index is 563. The summed E-state index contributed by atoms with van der Waals surface area (Å²) in [6, 6.07) is 5.81. The monoisotopic (exact) mass is 275 g/mol. The maximum atomic E-state index is 12.4. The first kappa shape index (κ1) is 12.8. The number of nitrogens with one attached hydrogen (secondary N) is 2. The summed E-state index contributed by atoms with van der Waals surface area (Å²) in [4.78, 5) is 0. The van der Waals surface area contributed by atoms with Gasteiger partial charge in [0.1, 0.15) is 5.69 Å². The van der Waals surface area contributed by atoms with E-state index in [1.54, 1.807) is 25.2 Å². The topological polar surface area (TPSA) is 40.7 Å². The number of halogens is 4. The molecule has 7 heteroatoms. The van der Waals surface area contributed by atoms with Crippen LogP contribution in [0.1, 0.15) is 5.69 Å². The summed E-state index contributed by atoms with van der Waals surface area (Å²) >= 11 is 5.89. The lowest BCUT2D eigenvalue weighted by molar-refractivity contribution is -0.141. The van der Waals surface area contributed by atoms with E-state index < -0.39 is 11.9 Å². The maximum absolute atomic E-state index is 12.4. The zero-order valence-corrected chi connectivity index (χ0v) is 10.0. The highest BCUT2D eigenvalue weighted by Crippen LogP contribution is 2.32. The van der Waals surface area contributed by atoms with Crippen LogP contribution in [0.5, 0.6) is 0 Å². The molecule has 0 unspecified atom stereocenters. The van der Waals surface area contributed by atoms with Crippen molar-refractivity contribution in [2.75, 3.05) is 12.4 Å². The van der Waals surface area contributed by atoms with E-state index in [0.29, 0.717) is 16.3 Å². The lowest BCUT2D eigenvalue weighted by Gasteiger charge is -2.05. The Morgan fingerprint density at radius 1 is 1.28 bits per heavy atom. The van der Waals surface area contributed by atoms with Gasteiger partial charge < -0.3 is 5.32 Å². The Balaban J connectivity index is 2.40. The van der Waals surface area contributed by atoms with Gasteiger partial charge >= 0.3 is 6.18 Å². The minimum absolute atomic E-state index is 0.218. The number of rotatable bonds is 2. The molecule has 0 saturated heterocycles. The smallest absolute Gasteiger partial charge is 0.387 e. The molecule has 2 rings (SSSR count). The molecule has 1 aromatic heterocycles. The van der Waals surface area contributed by atoms with E-state index in [4.69, 9.17) is 11.6 Å². The fourth-order valence-corrected chi connectivity index (χ4v) is 1.70. The number of hydrogen-bond acceptors (Lipinski definition) is 2. The van der Waals surface area contributed by atoms with Gasteiger partial charge in [0, 0.05) is 12.6 Å². The molecule has 0 amide bonds. The summed E-state index contributed by atoms with van der Waals surface area (Å²) in [5.41, 5.74) is 0.523. The fraction of sp³-hybridized carbons (Fsp3) is 0.182. The molecule has 2 aromatic rings. The molecule has 1 heterocycles. The molecule has 0 fully saturated rings. The van der Waals surface area contributed by atoms with Crippen LogP contribution >= 0.6 is 11.6 Å². The number of aromatic nitrogens is 2. The van der Waals surface area contributed by atoms with E-state index in [1.807, 2.05) is 5.10 Å². The minimum Gasteiger partial charge on any atom is -0.387 e. The van der Waals surface area contributed by atoms with Crippen LogP contribution < -0.4 is 5.32 Å². The third-order valence-electron chi connectivity index (χ3n) is 2.41. The van der Waals surface area contributed by atoms with Crippen LogP contribution in [-0.4, -0.2) is 17.2 Å². The largest absolute Gasteiger partial charge is 0.432 e. The van der Waals surface area contributed by atoms with Crippen molar-refractivity contribution in [3.8, 4) is 11.3 Å². The first-order valence-corrected chi connectivity index (χ1v) is 5.40. The van der Waals surface area contributed by atoms with Crippen LogP contribution in [0, 0.1) is 0 Å². The van der Waals surface area contributed by atoms with Crippen molar-refractivity contribution in [2.24, 2.45) is 0 Å². The molecule has 0 spiro atoms. The molecule has 3 nitrogen and oxygen atoms in total. The van der Waals surface area contributed by atoms with Crippen molar-refractivity contribution in [3.63, 3.8) is 0 Å². The summed E-state index contributed by atoms with van der Waals surface area (Å²) in [6.07, 6.45) is -4.43. The Labute approximate surface area is 106 Å². The van der Waals surface area contributed by atoms with Gasteiger partial charge in [-0.2, -0.15) is 18.3 Å². The molecule has 0 aliphatic carbocycles. The highest BCUT2D eigenvalue weighted by atomic mass is 35.5. The second kappa shape index (κ2) is 4.53. The van der Waals surface area contributed by atoms with Crippen LogP contribution in [0.2, 0.25) is 5.02 Å². The third kappa shape index (κ3) is 2.43. The molecule has 0 aliphatic rings. The van der Waals surface area contributed by atoms with Gasteiger partial charge in [0.25, 0.3) is 0 Å². The number of aromatic amines is 1. The Kier molecular flexibility index (Phi) is 3.21. The second-order valence-corrected chi connectivity index (χ2v) is 4.02. The number of benzene rings is 1. The van der Waals surface area contributed by atoms with E-state index in [9.17, 15) is 13.2 Å². The van der Waals surface area contributed by atoms with Gasteiger partial charge in [-0.3, -0.25) is 5.10 Å². The predicted octanol–water partition coefficient (Wildman–Crippen LogP) is 3.79. The van der Waals surface area contributed by atoms with Crippen LogP contribution in [0.3, 0.4) is 0 Å². The number of hydrogen-bond donors (Lipinski definition) is 2. The van der Waals surface area contributed by atoms with Crippen LogP contribution in [0.4, 0.5) is 18.9 Å². The molecule has 96 valence electrons. The molecule has 0 bridgehead atoms. The summed E-state index contributed by atoms with van der Waals surface area (Å²) < 4.78 is 37.3. The highest BCUT2D eigenvalue weighted by Gasteiger charge is 2.33. The van der Waals surface area contributed by atoms with Crippen molar-refractivity contribution < 1.29 is 13.2 Å². The van der Waals surface area contributed by atoms with Gasteiger partial charge in [-0.25, -0.2) is 0 Å². The van der Waals surface area contributed by atoms with E-state index in [2.05, 4.69) is 10.4 Å². The zero-order chi connectivity index (χ0) is 13.3. The molecule has 1 aromatic carbocycles. The minimum atomic E-state index is -4.43. The molecule has 2 N–H and O–H groups in total. The number of nitrogens with zero attached hydrogens (tertiary/aromatic N) is 1. The average molecular weight is 276 g/mol. The van der Waals surface area contributed by atoms with Crippen molar-refractivity contribution in [1.29, 1.82) is 0 Å². The van der Waals surface area contributed by atoms with Gasteiger partial charge in [0.15, 0.2) is 0 Å². The fourth-order valence-electron chi connectivity index (χ4n) is 1.49. The highest BCUT2D eigenvalue weighted by molar-refractivity contribution is 6.33. The summed E-state index contributed by atoms with van der Waals surface area (Å²) in [7, 11) is 1.68. The molecular formula is C11H9ClF3N3. The van der Waals surface area contributed by atoms with E-state index in [-0.39, 0.29) is 5.69 Å². The molecule has 18 heavy (non-hydrogen) atoms. The molecule has 0 radical (unpaired) electrons. The lowest BCUT2D eigenvalue weighted by atomic mass is 10.1. The maximum Gasteiger partial charge on any atom is 0.432 e. The van der Waals surface area contributed by atoms with Crippen molar-refractivity contribution in [1.82, 2.24) is 10.2 Å². The first-order valence-electron chi connectivity index (χ1n) is 5.02. The number of anilines is 1. The summed E-state index contributed by atoms with van der Waals surface area (Å²) in [6.45, 7) is 0. The third-order valence-corrected chi connectivity index (χ3v) is 2.74. The van der Waals surface area contributed by atoms with Gasteiger partial charge in [-0.1, -0.05) is 17.7 Å². The van der Waals surface area contributed by atoms with Crippen molar-refractivity contribution in [2.45, 2.75) is 6.18 Å². The standard InChI is InChI=1S/C11H9ClF3N3/c1-16-9-4-6(2-3-7(9)12)8-5-10(18-17-8)11(13,14)15/h2-5,16H,1H3,(H,17,18). The SMILES string of the molecule is CNc1cc(-c2cc(C(F)(F)F)[nH]n2)ccc1Cl. The van der Waals surface area contributed by atoms with Gasteiger partial charge in [-0.05, 0) is 18.2 Å². The molecule has 0 aliphatic heterocycles. The quantitative estimate of drug-likeness (QED) is 0.875. The van der Waals surface area contributed by atoms with Crippen LogP contribution in [0.25, 0.3) is 11.3 Å². The Hall–Kier alpha value is -1.69. The molecule has 0 atom stereocenters. The number of H-pyrrole nitrogens is 1. The van der Waals surface area contributed by atoms with Crippen LogP contribution in [0.15, 0.2) is 24.3 Å². The first-order chi connectivity index (χ1) is 8.41. The van der Waals surface area contributed by atoms with E-state index in [1.165, 1.54) is 0 Å². The Morgan fingerprint density at radius 2 is 2.00 bits per heavy atom. The van der Waals surface area contributed by atoms with Crippen molar-refractivity contribution in [3.05, 3.63) is 35.0 Å². The van der Waals surface area contributed by atoms with E-state index in [0.717, 1.165) is 6.07 Å².